The molecule has 0 saturated carbocycles. The molecule has 1 aromatic heterocycles. The highest BCUT2D eigenvalue weighted by molar-refractivity contribution is 7.89. The van der Waals surface area contributed by atoms with Gasteiger partial charge in [0.1, 0.15) is 11.6 Å². The van der Waals surface area contributed by atoms with Crippen LogP contribution in [0, 0.1) is 0 Å². The van der Waals surface area contributed by atoms with E-state index in [1.54, 1.807) is 24.4 Å². The lowest BCUT2D eigenvalue weighted by Crippen LogP contribution is -2.18. The van der Waals surface area contributed by atoms with E-state index in [-0.39, 0.29) is 16.4 Å². The minimum Gasteiger partial charge on any atom is -0.363 e. The van der Waals surface area contributed by atoms with Gasteiger partial charge in [-0.05, 0) is 30.7 Å². The van der Waals surface area contributed by atoms with Crippen molar-refractivity contribution in [2.45, 2.75) is 44.0 Å². The van der Waals surface area contributed by atoms with Gasteiger partial charge in [-0.15, -0.1) is 0 Å². The van der Waals surface area contributed by atoms with Crippen LogP contribution in [0.4, 0.5) is 5.82 Å². The average Bonchev–Trinajstić information content (AvgIpc) is 2.46. The van der Waals surface area contributed by atoms with Gasteiger partial charge < -0.3 is 5.32 Å². The number of benzene rings is 1. The Morgan fingerprint density at radius 1 is 1.22 bits per heavy atom. The van der Waals surface area contributed by atoms with Crippen molar-refractivity contribution in [3.8, 4) is 0 Å². The molecule has 0 aliphatic heterocycles. The van der Waals surface area contributed by atoms with Crippen molar-refractivity contribution < 1.29 is 8.42 Å². The molecule has 0 amide bonds. The van der Waals surface area contributed by atoms with Gasteiger partial charge in [0.25, 0.3) is 0 Å². The van der Waals surface area contributed by atoms with Crippen molar-refractivity contribution in [2.75, 3.05) is 5.32 Å². The SMILES string of the molecule is C[C@@H](Nc1ccnc(C(C)(C)C)n1)c1cccc(S(N)(=O)=O)c1. The van der Waals surface area contributed by atoms with E-state index in [0.29, 0.717) is 5.82 Å². The van der Waals surface area contributed by atoms with Gasteiger partial charge in [0.05, 0.1) is 4.90 Å². The van der Waals surface area contributed by atoms with E-state index in [2.05, 4.69) is 15.3 Å². The van der Waals surface area contributed by atoms with Gasteiger partial charge in [0.2, 0.25) is 10.0 Å². The van der Waals surface area contributed by atoms with Gasteiger partial charge in [0, 0.05) is 17.7 Å². The van der Waals surface area contributed by atoms with Gasteiger partial charge in [-0.2, -0.15) is 0 Å². The fourth-order valence-electron chi connectivity index (χ4n) is 2.07. The zero-order chi connectivity index (χ0) is 17.3. The first kappa shape index (κ1) is 17.4. The van der Waals surface area contributed by atoms with Crippen LogP contribution in [0.2, 0.25) is 0 Å². The lowest BCUT2D eigenvalue weighted by Gasteiger charge is -2.19. The first-order valence-electron chi connectivity index (χ1n) is 7.30. The van der Waals surface area contributed by atoms with E-state index < -0.39 is 10.0 Å². The minimum absolute atomic E-state index is 0.0988. The van der Waals surface area contributed by atoms with Crippen molar-refractivity contribution in [3.63, 3.8) is 0 Å². The Bertz CT molecular complexity index is 798. The first-order chi connectivity index (χ1) is 10.6. The molecular weight excluding hydrogens is 312 g/mol. The molecule has 2 rings (SSSR count). The Morgan fingerprint density at radius 2 is 1.91 bits per heavy atom. The zero-order valence-corrected chi connectivity index (χ0v) is 14.6. The molecular formula is C16H22N4O2S. The molecule has 3 N–H and O–H groups in total. The standard InChI is InChI=1S/C16H22N4O2S/c1-11(12-6-5-7-13(10-12)23(17,21)22)19-14-8-9-18-15(20-14)16(2,3)4/h5-11H,1-4H3,(H2,17,21,22)(H,18,19,20)/t11-/m1/s1. The Labute approximate surface area is 137 Å². The lowest BCUT2D eigenvalue weighted by molar-refractivity contribution is 0.545. The van der Waals surface area contributed by atoms with Crippen LogP contribution in [0.15, 0.2) is 41.4 Å². The minimum atomic E-state index is -3.71. The highest BCUT2D eigenvalue weighted by Crippen LogP contribution is 2.23. The third-order valence-electron chi connectivity index (χ3n) is 3.38. The van der Waals surface area contributed by atoms with Gasteiger partial charge in [-0.1, -0.05) is 32.9 Å². The maximum atomic E-state index is 11.5. The summed E-state index contributed by atoms with van der Waals surface area (Å²) in [6.07, 6.45) is 1.71. The molecule has 1 atom stereocenters. The van der Waals surface area contributed by atoms with Crippen LogP contribution in [0.1, 0.15) is 45.1 Å². The quantitative estimate of drug-likeness (QED) is 0.895. The molecule has 0 bridgehead atoms. The Balaban J connectivity index is 2.25. The second-order valence-corrected chi connectivity index (χ2v) is 8.06. The maximum Gasteiger partial charge on any atom is 0.238 e. The molecule has 0 aliphatic rings. The number of rotatable bonds is 4. The lowest BCUT2D eigenvalue weighted by atomic mass is 9.96. The zero-order valence-electron chi connectivity index (χ0n) is 13.7. The molecule has 23 heavy (non-hydrogen) atoms. The van der Waals surface area contributed by atoms with Crippen molar-refractivity contribution in [1.82, 2.24) is 9.97 Å². The third kappa shape index (κ3) is 4.49. The Morgan fingerprint density at radius 3 is 2.52 bits per heavy atom. The monoisotopic (exact) mass is 334 g/mol. The first-order valence-corrected chi connectivity index (χ1v) is 8.85. The van der Waals surface area contributed by atoms with Gasteiger partial charge >= 0.3 is 0 Å². The molecule has 124 valence electrons. The predicted octanol–water partition coefficient (Wildman–Crippen LogP) is 2.59. The third-order valence-corrected chi connectivity index (χ3v) is 4.29. The second kappa shape index (κ2) is 6.25. The molecule has 6 nitrogen and oxygen atoms in total. The number of hydrogen-bond donors (Lipinski definition) is 2. The molecule has 1 heterocycles. The maximum absolute atomic E-state index is 11.5. The largest absolute Gasteiger partial charge is 0.363 e. The molecule has 0 radical (unpaired) electrons. The summed E-state index contributed by atoms with van der Waals surface area (Å²) in [6.45, 7) is 8.07. The summed E-state index contributed by atoms with van der Waals surface area (Å²) in [6, 6.07) is 8.23. The van der Waals surface area contributed by atoms with Crippen LogP contribution in [0.3, 0.4) is 0 Å². The number of nitrogens with two attached hydrogens (primary N) is 1. The molecule has 0 unspecified atom stereocenters. The molecule has 0 fully saturated rings. The summed E-state index contributed by atoms with van der Waals surface area (Å²) in [7, 11) is -3.71. The number of aromatic nitrogens is 2. The molecule has 2 aromatic rings. The van der Waals surface area contributed by atoms with Crippen LogP contribution in [0.5, 0.6) is 0 Å². The number of anilines is 1. The van der Waals surface area contributed by atoms with E-state index in [0.717, 1.165) is 11.4 Å². The second-order valence-electron chi connectivity index (χ2n) is 6.50. The van der Waals surface area contributed by atoms with E-state index in [9.17, 15) is 8.42 Å². The van der Waals surface area contributed by atoms with E-state index >= 15 is 0 Å². The highest BCUT2D eigenvalue weighted by Gasteiger charge is 2.18. The summed E-state index contributed by atoms with van der Waals surface area (Å²) >= 11 is 0. The van der Waals surface area contributed by atoms with E-state index in [1.807, 2.05) is 33.8 Å². The molecule has 0 aliphatic carbocycles. The van der Waals surface area contributed by atoms with Gasteiger partial charge in [-0.25, -0.2) is 23.5 Å². The van der Waals surface area contributed by atoms with Crippen LogP contribution in [-0.2, 0) is 15.4 Å². The molecule has 7 heteroatoms. The van der Waals surface area contributed by atoms with Gasteiger partial charge in [-0.3, -0.25) is 0 Å². The van der Waals surface area contributed by atoms with Crippen LogP contribution in [-0.4, -0.2) is 18.4 Å². The summed E-state index contributed by atoms with van der Waals surface area (Å²) in [5.41, 5.74) is 0.668. The number of primary sulfonamides is 1. The summed E-state index contributed by atoms with van der Waals surface area (Å²) in [4.78, 5) is 8.90. The van der Waals surface area contributed by atoms with E-state index in [4.69, 9.17) is 5.14 Å². The number of hydrogen-bond acceptors (Lipinski definition) is 5. The van der Waals surface area contributed by atoms with Crippen molar-refractivity contribution in [3.05, 3.63) is 47.9 Å². The van der Waals surface area contributed by atoms with Crippen LogP contribution < -0.4 is 10.5 Å². The number of nitrogens with one attached hydrogen (secondary N) is 1. The summed E-state index contributed by atoms with van der Waals surface area (Å²) in [5.74, 6) is 1.44. The number of sulfonamides is 1. The molecule has 1 aromatic carbocycles. The van der Waals surface area contributed by atoms with Crippen molar-refractivity contribution in [1.29, 1.82) is 0 Å². The van der Waals surface area contributed by atoms with E-state index in [1.165, 1.54) is 6.07 Å². The molecule has 0 spiro atoms. The Hall–Kier alpha value is -1.99. The normalized spacial score (nSPS) is 13.6. The van der Waals surface area contributed by atoms with Gasteiger partial charge in [0.15, 0.2) is 0 Å². The average molecular weight is 334 g/mol. The van der Waals surface area contributed by atoms with Crippen LogP contribution in [0.25, 0.3) is 0 Å². The smallest absolute Gasteiger partial charge is 0.238 e. The van der Waals surface area contributed by atoms with Crippen LogP contribution >= 0.6 is 0 Å². The summed E-state index contributed by atoms with van der Waals surface area (Å²) < 4.78 is 22.9. The number of nitrogens with zero attached hydrogens (tertiary/aromatic N) is 2. The Kier molecular flexibility index (Phi) is 4.72. The molecule has 0 saturated heterocycles. The van der Waals surface area contributed by atoms with Crippen molar-refractivity contribution >= 4 is 15.8 Å². The predicted molar refractivity (Wildman–Crippen MR) is 90.6 cm³/mol. The topological polar surface area (TPSA) is 98.0 Å². The fourth-order valence-corrected chi connectivity index (χ4v) is 2.64. The van der Waals surface area contributed by atoms with Crippen molar-refractivity contribution in [2.24, 2.45) is 5.14 Å². The highest BCUT2D eigenvalue weighted by atomic mass is 32.2. The fraction of sp³-hybridized carbons (Fsp3) is 0.375. The summed E-state index contributed by atoms with van der Waals surface area (Å²) in [5, 5.41) is 8.44.